The molecule has 0 unspecified atom stereocenters. The van der Waals surface area contributed by atoms with Crippen LogP contribution in [0.25, 0.3) is 0 Å². The van der Waals surface area contributed by atoms with Gasteiger partial charge in [-0.05, 0) is 41.5 Å². The van der Waals surface area contributed by atoms with Crippen LogP contribution in [-0.2, 0) is 0 Å². The first-order valence-electron chi connectivity index (χ1n) is 5.23. The van der Waals surface area contributed by atoms with Gasteiger partial charge in [-0.2, -0.15) is 9.34 Å². The molecular formula is C10H23N2OP. The SMILES string of the molecule is CC(C)(C)N1CCN(C(C)(C)C)[PH+]1[O-]. The molecule has 1 aliphatic heterocycles. The molecule has 0 N–H and O–H groups in total. The topological polar surface area (TPSA) is 29.5 Å². The molecule has 0 aromatic carbocycles. The predicted octanol–water partition coefficient (Wildman–Crippen LogP) is 1.52. The van der Waals surface area contributed by atoms with Crippen molar-refractivity contribution in [3.05, 3.63) is 0 Å². The minimum atomic E-state index is -1.73. The van der Waals surface area contributed by atoms with Crippen LogP contribution in [0.2, 0.25) is 0 Å². The summed E-state index contributed by atoms with van der Waals surface area (Å²) in [5.41, 5.74) is 0.0477. The Morgan fingerprint density at radius 3 is 1.29 bits per heavy atom. The molecule has 14 heavy (non-hydrogen) atoms. The Kier molecular flexibility index (Phi) is 3.28. The molecule has 0 amide bonds. The normalized spacial score (nSPS) is 23.4. The highest BCUT2D eigenvalue weighted by Gasteiger charge is 2.43. The van der Waals surface area contributed by atoms with Crippen molar-refractivity contribution in [3.63, 3.8) is 0 Å². The minimum Gasteiger partial charge on any atom is -0.652 e. The Hall–Kier alpha value is 0.310. The average Bonchev–Trinajstić information content (AvgIpc) is 2.26. The van der Waals surface area contributed by atoms with E-state index >= 15 is 0 Å². The zero-order chi connectivity index (χ0) is 11.1. The van der Waals surface area contributed by atoms with Crippen molar-refractivity contribution < 1.29 is 4.89 Å². The molecule has 0 atom stereocenters. The zero-order valence-electron chi connectivity index (χ0n) is 10.2. The van der Waals surface area contributed by atoms with Gasteiger partial charge in [-0.1, -0.05) is 0 Å². The van der Waals surface area contributed by atoms with Crippen LogP contribution in [0.15, 0.2) is 0 Å². The van der Waals surface area contributed by atoms with Crippen LogP contribution in [0, 0.1) is 0 Å². The molecular weight excluding hydrogens is 195 g/mol. The maximum Gasteiger partial charge on any atom is 0.0942 e. The van der Waals surface area contributed by atoms with Crippen LogP contribution < -0.4 is 4.89 Å². The maximum atomic E-state index is 12.2. The molecule has 4 heteroatoms. The zero-order valence-corrected chi connectivity index (χ0v) is 11.2. The van der Waals surface area contributed by atoms with Gasteiger partial charge in [0.1, 0.15) is 0 Å². The predicted molar refractivity (Wildman–Crippen MR) is 61.2 cm³/mol. The van der Waals surface area contributed by atoms with Crippen molar-refractivity contribution in [2.75, 3.05) is 13.1 Å². The van der Waals surface area contributed by atoms with Crippen molar-refractivity contribution in [2.24, 2.45) is 0 Å². The van der Waals surface area contributed by atoms with Crippen molar-refractivity contribution >= 4 is 8.45 Å². The van der Waals surface area contributed by atoms with Gasteiger partial charge in [0.2, 0.25) is 0 Å². The Bertz CT molecular complexity index is 185. The molecule has 84 valence electrons. The van der Waals surface area contributed by atoms with Gasteiger partial charge in [0.15, 0.2) is 0 Å². The van der Waals surface area contributed by atoms with Gasteiger partial charge in [0.05, 0.1) is 21.5 Å². The molecule has 1 heterocycles. The van der Waals surface area contributed by atoms with Gasteiger partial charge in [-0.3, -0.25) is 0 Å². The van der Waals surface area contributed by atoms with E-state index in [1.807, 2.05) is 0 Å². The molecule has 1 fully saturated rings. The van der Waals surface area contributed by atoms with Gasteiger partial charge >= 0.3 is 0 Å². The monoisotopic (exact) mass is 218 g/mol. The quantitative estimate of drug-likeness (QED) is 0.577. The summed E-state index contributed by atoms with van der Waals surface area (Å²) in [7, 11) is -1.73. The highest BCUT2D eigenvalue weighted by molar-refractivity contribution is 7.45. The average molecular weight is 218 g/mol. The van der Waals surface area contributed by atoms with E-state index in [9.17, 15) is 4.89 Å². The number of nitrogens with zero attached hydrogens (tertiary/aromatic N) is 2. The lowest BCUT2D eigenvalue weighted by Crippen LogP contribution is -2.41. The van der Waals surface area contributed by atoms with E-state index in [1.54, 1.807) is 0 Å². The van der Waals surface area contributed by atoms with Gasteiger partial charge < -0.3 is 4.89 Å². The second-order valence-electron chi connectivity index (χ2n) is 5.93. The fraction of sp³-hybridized carbons (Fsp3) is 1.00. The Labute approximate surface area is 89.0 Å². The summed E-state index contributed by atoms with van der Waals surface area (Å²) in [5, 5.41) is 0. The highest BCUT2D eigenvalue weighted by Crippen LogP contribution is 2.49. The third kappa shape index (κ3) is 2.46. The summed E-state index contributed by atoms with van der Waals surface area (Å²) in [6.07, 6.45) is 0. The van der Waals surface area contributed by atoms with Gasteiger partial charge in [-0.15, -0.1) is 0 Å². The smallest absolute Gasteiger partial charge is 0.0942 e. The van der Waals surface area contributed by atoms with E-state index in [0.717, 1.165) is 13.1 Å². The first-order chi connectivity index (χ1) is 6.14. The summed E-state index contributed by atoms with van der Waals surface area (Å²) in [4.78, 5) is 12.2. The third-order valence-corrected chi connectivity index (χ3v) is 5.34. The van der Waals surface area contributed by atoms with Crippen LogP contribution in [0.5, 0.6) is 0 Å². The lowest BCUT2D eigenvalue weighted by atomic mass is 10.1. The molecule has 0 aliphatic carbocycles. The van der Waals surface area contributed by atoms with E-state index in [1.165, 1.54) is 0 Å². The van der Waals surface area contributed by atoms with Gasteiger partial charge in [0.25, 0.3) is 0 Å². The first kappa shape index (κ1) is 12.4. The van der Waals surface area contributed by atoms with E-state index in [4.69, 9.17) is 0 Å². The van der Waals surface area contributed by atoms with Crippen LogP contribution in [0.4, 0.5) is 0 Å². The lowest BCUT2D eigenvalue weighted by molar-refractivity contribution is -0.183. The number of hydrogen-bond acceptors (Lipinski definition) is 3. The third-order valence-electron chi connectivity index (χ3n) is 2.63. The summed E-state index contributed by atoms with van der Waals surface area (Å²) in [6.45, 7) is 14.6. The van der Waals surface area contributed by atoms with E-state index < -0.39 is 8.45 Å². The summed E-state index contributed by atoms with van der Waals surface area (Å²) < 4.78 is 4.26. The van der Waals surface area contributed by atoms with Crippen molar-refractivity contribution in [2.45, 2.75) is 52.6 Å². The molecule has 1 saturated heterocycles. The van der Waals surface area contributed by atoms with Gasteiger partial charge in [0, 0.05) is 11.1 Å². The summed E-state index contributed by atoms with van der Waals surface area (Å²) in [6, 6.07) is 0. The number of hydrogen-bond donors (Lipinski definition) is 0. The molecule has 0 bridgehead atoms. The number of rotatable bonds is 0. The van der Waals surface area contributed by atoms with E-state index in [2.05, 4.69) is 50.9 Å². The first-order valence-corrected chi connectivity index (χ1v) is 6.53. The lowest BCUT2D eigenvalue weighted by Gasteiger charge is -2.38. The largest absolute Gasteiger partial charge is 0.652 e. The molecule has 0 radical (unpaired) electrons. The molecule has 1 aliphatic rings. The summed E-state index contributed by atoms with van der Waals surface area (Å²) in [5.74, 6) is 0. The fourth-order valence-electron chi connectivity index (χ4n) is 1.78. The van der Waals surface area contributed by atoms with Gasteiger partial charge in [-0.25, -0.2) is 0 Å². The Morgan fingerprint density at radius 1 is 0.857 bits per heavy atom. The van der Waals surface area contributed by atoms with Crippen molar-refractivity contribution in [1.82, 2.24) is 9.34 Å². The van der Waals surface area contributed by atoms with Crippen molar-refractivity contribution in [3.8, 4) is 0 Å². The summed E-state index contributed by atoms with van der Waals surface area (Å²) >= 11 is 0. The Balaban J connectivity index is 2.75. The second kappa shape index (κ2) is 3.71. The maximum absolute atomic E-state index is 12.2. The van der Waals surface area contributed by atoms with Crippen molar-refractivity contribution in [1.29, 1.82) is 0 Å². The molecule has 0 saturated carbocycles. The van der Waals surface area contributed by atoms with Crippen LogP contribution >= 0.6 is 8.45 Å². The molecule has 0 aromatic heterocycles. The molecule has 0 aromatic rings. The fourth-order valence-corrected chi connectivity index (χ4v) is 3.80. The van der Waals surface area contributed by atoms with E-state index in [-0.39, 0.29) is 11.1 Å². The highest BCUT2D eigenvalue weighted by atomic mass is 31.2. The van der Waals surface area contributed by atoms with Crippen LogP contribution in [0.1, 0.15) is 41.5 Å². The molecule has 0 spiro atoms. The van der Waals surface area contributed by atoms with E-state index in [0.29, 0.717) is 0 Å². The molecule has 1 rings (SSSR count). The Morgan fingerprint density at radius 2 is 1.14 bits per heavy atom. The second-order valence-corrected chi connectivity index (χ2v) is 7.57. The van der Waals surface area contributed by atoms with Crippen LogP contribution in [0.3, 0.4) is 0 Å². The molecule has 3 nitrogen and oxygen atoms in total. The standard InChI is InChI=1S/C10H23N2OP/c1-9(2,3)11-7-8-12(14(11)13)10(4,5)6/h14H,7-8H2,1-6H3. The van der Waals surface area contributed by atoms with Crippen LogP contribution in [-0.4, -0.2) is 33.5 Å². The minimum absolute atomic E-state index is 0.0239.